The molecule has 0 saturated heterocycles. The van der Waals surface area contributed by atoms with E-state index in [1.54, 1.807) is 24.3 Å². The number of benzene rings is 2. The van der Waals surface area contributed by atoms with E-state index < -0.39 is 18.5 Å². The Balaban J connectivity index is 1.73. The molecule has 0 atom stereocenters. The number of aryl methyl sites for hydroxylation is 2. The van der Waals surface area contributed by atoms with Crippen LogP contribution in [-0.4, -0.2) is 24.4 Å². The zero-order chi connectivity index (χ0) is 20.7. The molecule has 0 fully saturated rings. The molecule has 2 N–H and O–H groups in total. The number of carbonyl (C=O) groups excluding carboxylic acids is 3. The number of ether oxygens (including phenoxy) is 1. The van der Waals surface area contributed by atoms with Gasteiger partial charge in [-0.3, -0.25) is 14.4 Å². The van der Waals surface area contributed by atoms with E-state index in [-0.39, 0.29) is 18.7 Å². The van der Waals surface area contributed by atoms with Gasteiger partial charge in [-0.1, -0.05) is 29.8 Å². The van der Waals surface area contributed by atoms with Gasteiger partial charge in [0.25, 0.3) is 5.91 Å². The Labute approximate surface area is 169 Å². The fraction of sp³-hybridized carbons (Fsp3) is 0.286. The minimum Gasteiger partial charge on any atom is -0.456 e. The van der Waals surface area contributed by atoms with E-state index in [2.05, 4.69) is 10.6 Å². The molecule has 2 aromatic carbocycles. The number of halogens is 1. The molecule has 0 aromatic heterocycles. The molecule has 0 saturated carbocycles. The van der Waals surface area contributed by atoms with E-state index in [0.717, 1.165) is 16.7 Å². The van der Waals surface area contributed by atoms with Crippen molar-refractivity contribution in [3.63, 3.8) is 0 Å². The largest absolute Gasteiger partial charge is 0.456 e. The highest BCUT2D eigenvalue weighted by atomic mass is 35.5. The van der Waals surface area contributed by atoms with Crippen LogP contribution in [-0.2, 0) is 19.1 Å². The molecule has 28 heavy (non-hydrogen) atoms. The minimum atomic E-state index is -0.617. The molecule has 0 unspecified atom stereocenters. The zero-order valence-corrected chi connectivity index (χ0v) is 16.9. The monoisotopic (exact) mass is 402 g/mol. The Kier molecular flexibility index (Phi) is 7.58. The number of carbonyl (C=O) groups is 3. The van der Waals surface area contributed by atoms with Crippen LogP contribution in [0.5, 0.6) is 0 Å². The normalized spacial score (nSPS) is 10.3. The quantitative estimate of drug-likeness (QED) is 0.681. The topological polar surface area (TPSA) is 84.5 Å². The average Bonchev–Trinajstić information content (AvgIpc) is 2.65. The lowest BCUT2D eigenvalue weighted by Gasteiger charge is -2.10. The number of nitrogens with one attached hydrogen (secondary N) is 2. The summed E-state index contributed by atoms with van der Waals surface area (Å²) in [6.45, 7) is 5.30. The molecule has 0 aliphatic rings. The maximum absolute atomic E-state index is 11.9. The van der Waals surface area contributed by atoms with Gasteiger partial charge in [0.05, 0.1) is 6.42 Å². The summed E-state index contributed by atoms with van der Waals surface area (Å²) < 4.78 is 4.93. The lowest BCUT2D eigenvalue weighted by Crippen LogP contribution is -2.22. The number of rotatable bonds is 7. The predicted molar refractivity (Wildman–Crippen MR) is 110 cm³/mol. The van der Waals surface area contributed by atoms with Crippen molar-refractivity contribution < 1.29 is 19.1 Å². The molecular formula is C21H23ClN2O4. The lowest BCUT2D eigenvalue weighted by molar-refractivity contribution is -0.147. The Morgan fingerprint density at radius 2 is 1.68 bits per heavy atom. The third kappa shape index (κ3) is 6.39. The van der Waals surface area contributed by atoms with Crippen molar-refractivity contribution in [2.75, 3.05) is 17.2 Å². The summed E-state index contributed by atoms with van der Waals surface area (Å²) in [4.78, 5) is 35.6. The van der Waals surface area contributed by atoms with Gasteiger partial charge in [0.15, 0.2) is 6.61 Å². The molecule has 0 bridgehead atoms. The molecule has 0 spiro atoms. The van der Waals surface area contributed by atoms with Gasteiger partial charge in [-0.05, 0) is 55.7 Å². The van der Waals surface area contributed by atoms with Crippen molar-refractivity contribution in [1.82, 2.24) is 0 Å². The molecule has 0 radical (unpaired) electrons. The second-order valence-corrected chi connectivity index (χ2v) is 6.88. The van der Waals surface area contributed by atoms with Gasteiger partial charge in [0.2, 0.25) is 5.91 Å². The molecule has 6 nitrogen and oxygen atoms in total. The maximum atomic E-state index is 11.9. The fourth-order valence-electron chi connectivity index (χ4n) is 2.40. The second kappa shape index (κ2) is 9.90. The van der Waals surface area contributed by atoms with E-state index in [4.69, 9.17) is 16.3 Å². The first kappa shape index (κ1) is 21.4. The van der Waals surface area contributed by atoms with E-state index in [0.29, 0.717) is 16.4 Å². The summed E-state index contributed by atoms with van der Waals surface area (Å²) >= 11 is 6.01. The summed E-state index contributed by atoms with van der Waals surface area (Å²) in [6.07, 6.45) is -0.175. The lowest BCUT2D eigenvalue weighted by atomic mass is 10.1. The maximum Gasteiger partial charge on any atom is 0.306 e. The number of amides is 2. The molecule has 148 valence electrons. The molecule has 2 amide bonds. The summed E-state index contributed by atoms with van der Waals surface area (Å²) in [6, 6.07) is 10.7. The van der Waals surface area contributed by atoms with E-state index in [1.165, 1.54) is 0 Å². The molecule has 7 heteroatoms. The van der Waals surface area contributed by atoms with Gasteiger partial charge >= 0.3 is 5.97 Å². The van der Waals surface area contributed by atoms with Crippen LogP contribution in [0.15, 0.2) is 36.4 Å². The second-order valence-electron chi connectivity index (χ2n) is 6.47. The molecular weight excluding hydrogens is 380 g/mol. The standard InChI is InChI=1S/C21H23ClN2O4/c1-13-5-4-6-18(15(13)3)24-20(26)12-28-21(27)10-9-19(25)23-16-8-7-14(2)17(22)11-16/h4-8,11H,9-10,12H2,1-3H3,(H,23,25)(H,24,26). The summed E-state index contributed by atoms with van der Waals surface area (Å²) in [5.74, 6) is -1.38. The van der Waals surface area contributed by atoms with Gasteiger partial charge in [-0.25, -0.2) is 0 Å². The molecule has 0 aliphatic heterocycles. The first-order valence-corrected chi connectivity index (χ1v) is 9.21. The van der Waals surface area contributed by atoms with Gasteiger partial charge in [0.1, 0.15) is 0 Å². The zero-order valence-electron chi connectivity index (χ0n) is 16.1. The van der Waals surface area contributed by atoms with Crippen LogP contribution in [0, 0.1) is 20.8 Å². The summed E-state index contributed by atoms with van der Waals surface area (Å²) in [7, 11) is 0. The Bertz CT molecular complexity index is 896. The average molecular weight is 403 g/mol. The molecule has 2 aromatic rings. The molecule has 2 rings (SSSR count). The van der Waals surface area contributed by atoms with E-state index >= 15 is 0 Å². The molecule has 0 heterocycles. The smallest absolute Gasteiger partial charge is 0.306 e. The van der Waals surface area contributed by atoms with Crippen LogP contribution in [0.3, 0.4) is 0 Å². The van der Waals surface area contributed by atoms with Crippen molar-refractivity contribution in [3.8, 4) is 0 Å². The predicted octanol–water partition coefficient (Wildman–Crippen LogP) is 4.17. The van der Waals surface area contributed by atoms with Crippen LogP contribution in [0.1, 0.15) is 29.5 Å². The first-order valence-electron chi connectivity index (χ1n) is 8.84. The van der Waals surface area contributed by atoms with Crippen molar-refractivity contribution >= 4 is 40.8 Å². The van der Waals surface area contributed by atoms with Crippen LogP contribution < -0.4 is 10.6 Å². The first-order chi connectivity index (χ1) is 13.3. The number of esters is 1. The summed E-state index contributed by atoms with van der Waals surface area (Å²) in [5, 5.41) is 5.92. The van der Waals surface area contributed by atoms with Crippen molar-refractivity contribution in [3.05, 3.63) is 58.1 Å². The van der Waals surface area contributed by atoms with Crippen LogP contribution in [0.25, 0.3) is 0 Å². The van der Waals surface area contributed by atoms with E-state index in [9.17, 15) is 14.4 Å². The molecule has 0 aliphatic carbocycles. The van der Waals surface area contributed by atoms with Crippen molar-refractivity contribution in [2.45, 2.75) is 33.6 Å². The Hall–Kier alpha value is -2.86. The van der Waals surface area contributed by atoms with Gasteiger partial charge < -0.3 is 15.4 Å². The highest BCUT2D eigenvalue weighted by Crippen LogP contribution is 2.20. The van der Waals surface area contributed by atoms with Gasteiger partial charge in [-0.15, -0.1) is 0 Å². The van der Waals surface area contributed by atoms with Crippen molar-refractivity contribution in [2.24, 2.45) is 0 Å². The minimum absolute atomic E-state index is 0.0526. The third-order valence-corrected chi connectivity index (χ3v) is 4.66. The van der Waals surface area contributed by atoms with Crippen LogP contribution >= 0.6 is 11.6 Å². The number of anilines is 2. The van der Waals surface area contributed by atoms with Crippen LogP contribution in [0.2, 0.25) is 5.02 Å². The van der Waals surface area contributed by atoms with Crippen molar-refractivity contribution in [1.29, 1.82) is 0 Å². The highest BCUT2D eigenvalue weighted by Gasteiger charge is 2.12. The SMILES string of the molecule is Cc1ccc(NC(=O)CCC(=O)OCC(=O)Nc2cccc(C)c2C)cc1Cl. The highest BCUT2D eigenvalue weighted by molar-refractivity contribution is 6.31. The number of hydrogen-bond acceptors (Lipinski definition) is 4. The van der Waals surface area contributed by atoms with E-state index in [1.807, 2.05) is 32.9 Å². The number of hydrogen-bond donors (Lipinski definition) is 2. The fourth-order valence-corrected chi connectivity index (χ4v) is 2.58. The van der Waals surface area contributed by atoms with Gasteiger partial charge in [0, 0.05) is 22.8 Å². The third-order valence-electron chi connectivity index (χ3n) is 4.25. The van der Waals surface area contributed by atoms with Crippen LogP contribution in [0.4, 0.5) is 11.4 Å². The summed E-state index contributed by atoms with van der Waals surface area (Å²) in [5.41, 5.74) is 4.15. The Morgan fingerprint density at radius 1 is 0.929 bits per heavy atom. The Morgan fingerprint density at radius 3 is 2.39 bits per heavy atom. The van der Waals surface area contributed by atoms with Gasteiger partial charge in [-0.2, -0.15) is 0 Å².